The molecule has 0 unspecified atom stereocenters. The van der Waals surface area contributed by atoms with Gasteiger partial charge in [0.05, 0.1) is 6.54 Å². The third-order valence-electron chi connectivity index (χ3n) is 3.61. The smallest absolute Gasteiger partial charge is 0.254 e. The number of halogens is 2. The van der Waals surface area contributed by atoms with E-state index in [4.69, 9.17) is 5.73 Å². The zero-order chi connectivity index (χ0) is 16.1. The molecule has 1 saturated heterocycles. The van der Waals surface area contributed by atoms with E-state index in [1.54, 1.807) is 24.3 Å². The molecule has 8 heteroatoms. The van der Waals surface area contributed by atoms with Gasteiger partial charge >= 0.3 is 0 Å². The SMILES string of the molecule is CC(C)NC(=O)CN1CCN(C(=O)c2cccc(N)c2)CC1.Cl.Cl. The number of piperazine rings is 1. The fourth-order valence-electron chi connectivity index (χ4n) is 2.53. The minimum Gasteiger partial charge on any atom is -0.399 e. The van der Waals surface area contributed by atoms with Crippen molar-refractivity contribution in [3.8, 4) is 0 Å². The van der Waals surface area contributed by atoms with Crippen molar-refractivity contribution in [2.24, 2.45) is 0 Å². The summed E-state index contributed by atoms with van der Waals surface area (Å²) < 4.78 is 0. The molecule has 136 valence electrons. The number of amides is 2. The predicted molar refractivity (Wildman–Crippen MR) is 101 cm³/mol. The molecule has 1 aromatic carbocycles. The lowest BCUT2D eigenvalue weighted by Crippen LogP contribution is -2.51. The van der Waals surface area contributed by atoms with E-state index in [0.29, 0.717) is 44.0 Å². The van der Waals surface area contributed by atoms with E-state index in [2.05, 4.69) is 10.2 Å². The van der Waals surface area contributed by atoms with E-state index in [0.717, 1.165) is 0 Å². The summed E-state index contributed by atoms with van der Waals surface area (Å²) in [4.78, 5) is 28.0. The monoisotopic (exact) mass is 376 g/mol. The number of carbonyl (C=O) groups excluding carboxylic acids is 2. The Morgan fingerprint density at radius 3 is 2.33 bits per heavy atom. The molecule has 24 heavy (non-hydrogen) atoms. The van der Waals surface area contributed by atoms with Crippen LogP contribution in [-0.4, -0.2) is 60.4 Å². The van der Waals surface area contributed by atoms with Crippen molar-refractivity contribution in [1.82, 2.24) is 15.1 Å². The molecule has 2 rings (SSSR count). The van der Waals surface area contributed by atoms with Crippen LogP contribution in [0.4, 0.5) is 5.69 Å². The normalized spacial score (nSPS) is 14.5. The third-order valence-corrected chi connectivity index (χ3v) is 3.61. The molecule has 0 bridgehead atoms. The van der Waals surface area contributed by atoms with E-state index in [-0.39, 0.29) is 42.7 Å². The molecule has 0 aromatic heterocycles. The summed E-state index contributed by atoms with van der Waals surface area (Å²) in [5, 5.41) is 2.88. The van der Waals surface area contributed by atoms with Crippen molar-refractivity contribution in [2.75, 3.05) is 38.5 Å². The lowest BCUT2D eigenvalue weighted by Gasteiger charge is -2.34. The molecule has 3 N–H and O–H groups in total. The fraction of sp³-hybridized carbons (Fsp3) is 0.500. The fourth-order valence-corrected chi connectivity index (χ4v) is 2.53. The minimum atomic E-state index is -0.00131. The number of nitrogens with two attached hydrogens (primary N) is 1. The Bertz CT molecular complexity index is 547. The summed E-state index contributed by atoms with van der Waals surface area (Å²) in [6.45, 7) is 6.95. The third kappa shape index (κ3) is 6.55. The molecule has 1 aliphatic heterocycles. The molecular weight excluding hydrogens is 351 g/mol. The molecule has 1 aromatic rings. The van der Waals surface area contributed by atoms with Gasteiger partial charge in [-0.2, -0.15) is 0 Å². The number of anilines is 1. The molecule has 0 spiro atoms. The summed E-state index contributed by atoms with van der Waals surface area (Å²) in [6, 6.07) is 7.18. The van der Waals surface area contributed by atoms with E-state index in [9.17, 15) is 9.59 Å². The van der Waals surface area contributed by atoms with Crippen LogP contribution in [0.5, 0.6) is 0 Å². The molecular formula is C16H26Cl2N4O2. The first kappa shape index (κ1) is 22.5. The first-order chi connectivity index (χ1) is 10.5. The van der Waals surface area contributed by atoms with Gasteiger partial charge in [-0.05, 0) is 32.0 Å². The van der Waals surface area contributed by atoms with Crippen LogP contribution in [0, 0.1) is 0 Å². The van der Waals surface area contributed by atoms with Gasteiger partial charge in [0.25, 0.3) is 5.91 Å². The van der Waals surface area contributed by atoms with E-state index < -0.39 is 0 Å². The number of nitrogens with one attached hydrogen (secondary N) is 1. The summed E-state index contributed by atoms with van der Waals surface area (Å²) >= 11 is 0. The average Bonchev–Trinajstić information content (AvgIpc) is 2.46. The first-order valence-corrected chi connectivity index (χ1v) is 7.62. The Morgan fingerprint density at radius 2 is 1.79 bits per heavy atom. The molecule has 2 amide bonds. The molecule has 1 aliphatic rings. The Morgan fingerprint density at radius 1 is 1.17 bits per heavy atom. The van der Waals surface area contributed by atoms with E-state index >= 15 is 0 Å². The quantitative estimate of drug-likeness (QED) is 0.778. The van der Waals surface area contributed by atoms with Crippen LogP contribution < -0.4 is 11.1 Å². The molecule has 0 radical (unpaired) electrons. The molecule has 1 fully saturated rings. The Kier molecular flexibility index (Phi) is 9.73. The standard InChI is InChI=1S/C16H24N4O2.2ClH/c1-12(2)18-15(21)11-19-6-8-20(9-7-19)16(22)13-4-3-5-14(17)10-13;;/h3-5,10,12H,6-9,11,17H2,1-2H3,(H,18,21);2*1H. The van der Waals surface area contributed by atoms with Gasteiger partial charge in [0.1, 0.15) is 0 Å². The van der Waals surface area contributed by atoms with Crippen LogP contribution in [0.25, 0.3) is 0 Å². The van der Waals surface area contributed by atoms with Crippen molar-refractivity contribution < 1.29 is 9.59 Å². The van der Waals surface area contributed by atoms with Gasteiger partial charge in [-0.3, -0.25) is 14.5 Å². The highest BCUT2D eigenvalue weighted by atomic mass is 35.5. The molecule has 0 atom stereocenters. The number of benzene rings is 1. The minimum absolute atomic E-state index is 0. The lowest BCUT2D eigenvalue weighted by molar-refractivity contribution is -0.123. The summed E-state index contributed by atoms with van der Waals surface area (Å²) in [5.41, 5.74) is 6.93. The van der Waals surface area contributed by atoms with Gasteiger partial charge in [-0.1, -0.05) is 6.07 Å². The number of hydrogen-bond donors (Lipinski definition) is 2. The first-order valence-electron chi connectivity index (χ1n) is 7.62. The zero-order valence-corrected chi connectivity index (χ0v) is 15.7. The highest BCUT2D eigenvalue weighted by Gasteiger charge is 2.23. The van der Waals surface area contributed by atoms with Crippen LogP contribution in [-0.2, 0) is 4.79 Å². The Labute approximate surface area is 155 Å². The van der Waals surface area contributed by atoms with Crippen molar-refractivity contribution in [1.29, 1.82) is 0 Å². The maximum Gasteiger partial charge on any atom is 0.254 e. The summed E-state index contributed by atoms with van der Waals surface area (Å²) in [5.74, 6) is 0.0317. The predicted octanol–water partition coefficient (Wildman–Crippen LogP) is 1.39. The topological polar surface area (TPSA) is 78.7 Å². The van der Waals surface area contributed by atoms with Crippen molar-refractivity contribution in [3.05, 3.63) is 29.8 Å². The molecule has 6 nitrogen and oxygen atoms in total. The van der Waals surface area contributed by atoms with E-state index in [1.807, 2.05) is 18.7 Å². The van der Waals surface area contributed by atoms with Gasteiger partial charge in [-0.25, -0.2) is 0 Å². The molecule has 0 aliphatic carbocycles. The highest BCUT2D eigenvalue weighted by molar-refractivity contribution is 5.95. The van der Waals surface area contributed by atoms with Gasteiger partial charge < -0.3 is 16.0 Å². The van der Waals surface area contributed by atoms with Crippen LogP contribution in [0.3, 0.4) is 0 Å². The number of nitrogen functional groups attached to an aromatic ring is 1. The Hall–Kier alpha value is -1.50. The van der Waals surface area contributed by atoms with E-state index in [1.165, 1.54) is 0 Å². The summed E-state index contributed by atoms with van der Waals surface area (Å²) in [7, 11) is 0. The number of nitrogens with zero attached hydrogens (tertiary/aromatic N) is 2. The van der Waals surface area contributed by atoms with Gasteiger partial charge in [0.2, 0.25) is 5.91 Å². The van der Waals surface area contributed by atoms with Crippen molar-refractivity contribution in [3.63, 3.8) is 0 Å². The second-order valence-corrected chi connectivity index (χ2v) is 5.92. The lowest BCUT2D eigenvalue weighted by atomic mass is 10.1. The highest BCUT2D eigenvalue weighted by Crippen LogP contribution is 2.11. The summed E-state index contributed by atoms with van der Waals surface area (Å²) in [6.07, 6.45) is 0. The number of hydrogen-bond acceptors (Lipinski definition) is 4. The van der Waals surface area contributed by atoms with Gasteiger partial charge in [0, 0.05) is 43.5 Å². The zero-order valence-electron chi connectivity index (χ0n) is 14.0. The number of carbonyl (C=O) groups is 2. The van der Waals surface area contributed by atoms with Crippen molar-refractivity contribution >= 4 is 42.3 Å². The number of rotatable bonds is 4. The molecule has 0 saturated carbocycles. The second-order valence-electron chi connectivity index (χ2n) is 5.92. The largest absolute Gasteiger partial charge is 0.399 e. The van der Waals surface area contributed by atoms with Crippen LogP contribution >= 0.6 is 24.8 Å². The second kappa shape index (κ2) is 10.4. The van der Waals surface area contributed by atoms with Crippen LogP contribution in [0.1, 0.15) is 24.2 Å². The van der Waals surface area contributed by atoms with Crippen LogP contribution in [0.2, 0.25) is 0 Å². The van der Waals surface area contributed by atoms with Crippen molar-refractivity contribution in [2.45, 2.75) is 19.9 Å². The average molecular weight is 377 g/mol. The molecule has 1 heterocycles. The van der Waals surface area contributed by atoms with Gasteiger partial charge in [0.15, 0.2) is 0 Å². The maximum absolute atomic E-state index is 12.4. The maximum atomic E-state index is 12.4. The van der Waals surface area contributed by atoms with Crippen LogP contribution in [0.15, 0.2) is 24.3 Å². The Balaban J connectivity index is 0.00000264. The van der Waals surface area contributed by atoms with Gasteiger partial charge in [-0.15, -0.1) is 24.8 Å².